The van der Waals surface area contributed by atoms with Crippen molar-refractivity contribution >= 4 is 30.0 Å². The van der Waals surface area contributed by atoms with E-state index in [1.165, 1.54) is 6.08 Å². The van der Waals surface area contributed by atoms with Crippen LogP contribution in [0.1, 0.15) is 102 Å². The number of H-pyrrole nitrogens is 1. The Kier molecular flexibility index (Phi) is 12.2. The van der Waals surface area contributed by atoms with Gasteiger partial charge in [0.25, 0.3) is 0 Å². The van der Waals surface area contributed by atoms with Crippen LogP contribution in [0.5, 0.6) is 0 Å². The Labute approximate surface area is 234 Å². The second-order valence-electron chi connectivity index (χ2n) is 10.9. The molecule has 0 spiro atoms. The summed E-state index contributed by atoms with van der Waals surface area (Å²) in [5.74, 6) is -1.40. The zero-order chi connectivity index (χ0) is 29.5. The van der Waals surface area contributed by atoms with Crippen LogP contribution in [0.4, 0.5) is 0 Å². The fourth-order valence-electron chi connectivity index (χ4n) is 6.43. The van der Waals surface area contributed by atoms with E-state index in [0.717, 1.165) is 30.5 Å². The maximum absolute atomic E-state index is 14.0. The van der Waals surface area contributed by atoms with Crippen LogP contribution in [-0.2, 0) is 20.7 Å². The molecule has 2 N–H and O–H groups in total. The number of nitrogens with one attached hydrogen (secondary N) is 1. The van der Waals surface area contributed by atoms with E-state index in [9.17, 15) is 19.5 Å². The number of esters is 1. The van der Waals surface area contributed by atoms with Crippen molar-refractivity contribution in [3.05, 3.63) is 29.6 Å². The van der Waals surface area contributed by atoms with Gasteiger partial charge in [0.1, 0.15) is 17.7 Å². The number of aromatic amines is 1. The number of rotatable bonds is 16. The van der Waals surface area contributed by atoms with Gasteiger partial charge in [-0.05, 0) is 56.0 Å². The quantitative estimate of drug-likeness (QED) is 0.0924. The topological polar surface area (TPSA) is 113 Å². The van der Waals surface area contributed by atoms with Crippen LogP contribution in [0.15, 0.2) is 12.7 Å². The number of aromatic nitrogens is 2. The number of hydrogen-bond acceptors (Lipinski definition) is 6. The molecule has 5 atom stereocenters. The molecule has 0 aromatic carbocycles. The summed E-state index contributed by atoms with van der Waals surface area (Å²) in [4.78, 5) is 43.1. The van der Waals surface area contributed by atoms with E-state index < -0.39 is 24.8 Å². The van der Waals surface area contributed by atoms with Crippen LogP contribution in [0, 0.1) is 12.8 Å². The van der Waals surface area contributed by atoms with E-state index in [1.54, 1.807) is 4.90 Å². The van der Waals surface area contributed by atoms with Crippen molar-refractivity contribution in [3.8, 4) is 0 Å². The average Bonchev–Trinajstić information content (AvgIpc) is 3.32. The first-order valence-electron chi connectivity index (χ1n) is 14.6. The van der Waals surface area contributed by atoms with Gasteiger partial charge in [0.2, 0.25) is 5.91 Å². The van der Waals surface area contributed by atoms with Crippen molar-refractivity contribution in [2.75, 3.05) is 13.2 Å². The van der Waals surface area contributed by atoms with Crippen LogP contribution in [-0.4, -0.2) is 79.5 Å². The first-order chi connectivity index (χ1) is 18.5. The van der Waals surface area contributed by atoms with Gasteiger partial charge in [-0.25, -0.2) is 4.79 Å². The molecular weight excluding hydrogens is 513 g/mol. The van der Waals surface area contributed by atoms with Crippen LogP contribution >= 0.6 is 6.89 Å². The van der Waals surface area contributed by atoms with E-state index in [2.05, 4.69) is 58.3 Å². The summed E-state index contributed by atoms with van der Waals surface area (Å²) < 4.78 is 5.71. The highest BCUT2D eigenvalue weighted by atomic mass is 31.2. The van der Waals surface area contributed by atoms with Crippen molar-refractivity contribution in [3.63, 3.8) is 0 Å². The SMILES string of the molecule is C=CCOC(=O)C(N1C(=O)C(CCO)[C@H]1CC(=O)c1n[nH]c(C)c1CC)=P(C(C)CC)(C(C)CC)C(C)CC. The molecule has 1 aromatic heterocycles. The molecule has 4 unspecified atom stereocenters. The second-order valence-corrected chi connectivity index (χ2v) is 15.6. The number of aliphatic hydroxyl groups is 1. The first-order valence-corrected chi connectivity index (χ1v) is 16.6. The second kappa shape index (κ2) is 14.5. The fourth-order valence-corrected chi connectivity index (χ4v) is 13.1. The Balaban J connectivity index is 2.85. The van der Waals surface area contributed by atoms with E-state index in [4.69, 9.17) is 4.74 Å². The molecular formula is C30H50N3O5P. The Bertz CT molecular complexity index is 1060. The Morgan fingerprint density at radius 1 is 1.13 bits per heavy atom. The van der Waals surface area contributed by atoms with Crippen LogP contribution in [0.25, 0.3) is 0 Å². The lowest BCUT2D eigenvalue weighted by molar-refractivity contribution is -0.151. The molecule has 2 heterocycles. The number of aliphatic hydroxyl groups excluding tert-OH is 1. The molecule has 1 saturated heterocycles. The third-order valence-electron chi connectivity index (χ3n) is 8.95. The summed E-state index contributed by atoms with van der Waals surface area (Å²) in [5.41, 5.74) is 3.10. The van der Waals surface area contributed by atoms with Crippen molar-refractivity contribution in [1.82, 2.24) is 15.1 Å². The number of likely N-dealkylation sites (tertiary alicyclic amines) is 1. The summed E-state index contributed by atoms with van der Waals surface area (Å²) in [6, 6.07) is -0.540. The zero-order valence-electron chi connectivity index (χ0n) is 25.2. The number of Topliss-reactive ketones (excluding diaryl/α,β-unsaturated/α-hetero) is 1. The van der Waals surface area contributed by atoms with Gasteiger partial charge in [-0.15, -0.1) is 0 Å². The molecule has 0 aliphatic carbocycles. The summed E-state index contributed by atoms with van der Waals surface area (Å²) in [6.45, 7) is 18.1. The number of hydrogen-bond donors (Lipinski definition) is 2. The van der Waals surface area contributed by atoms with Gasteiger partial charge in [0.05, 0.1) is 12.0 Å². The van der Waals surface area contributed by atoms with Gasteiger partial charge in [0, 0.05) is 24.3 Å². The molecule has 1 fully saturated rings. The minimum Gasteiger partial charge on any atom is -0.457 e. The summed E-state index contributed by atoms with van der Waals surface area (Å²) in [5, 5.41) is 17.0. The molecule has 0 saturated carbocycles. The first kappa shape index (κ1) is 33.0. The highest BCUT2D eigenvalue weighted by Crippen LogP contribution is 2.65. The van der Waals surface area contributed by atoms with E-state index >= 15 is 0 Å². The van der Waals surface area contributed by atoms with E-state index in [-0.39, 0.29) is 54.7 Å². The third-order valence-corrected chi connectivity index (χ3v) is 15.6. The molecule has 8 nitrogen and oxygen atoms in total. The van der Waals surface area contributed by atoms with Gasteiger partial charge < -0.3 is 14.7 Å². The molecule has 2 rings (SSSR count). The lowest BCUT2D eigenvalue weighted by Crippen LogP contribution is -2.66. The van der Waals surface area contributed by atoms with E-state index in [0.29, 0.717) is 17.5 Å². The molecule has 1 amide bonds. The van der Waals surface area contributed by atoms with Crippen LogP contribution in [0.3, 0.4) is 0 Å². The highest BCUT2D eigenvalue weighted by molar-refractivity contribution is 7.79. The standard InChI is InChI=1S/C30H50N3O5P/c1-10-17-38-30(37)29(39(19(6)11-2,20(7)12-3)21(8)13-4)33-25(24(15-16-34)28(33)36)18-26(35)27-23(14-5)22(9)31-32-27/h10,19-21,24-25,34H,1,11-18H2,2-9H3,(H,31,32)/t19?,20?,21?,24?,25-,39?/m1/s1. The fraction of sp³-hybridized carbons (Fsp3) is 0.700. The monoisotopic (exact) mass is 563 g/mol. The smallest absolute Gasteiger partial charge is 0.355 e. The number of carbonyl (C=O) groups is 3. The summed E-state index contributed by atoms with van der Waals surface area (Å²) >= 11 is 0. The predicted molar refractivity (Wildman–Crippen MR) is 160 cm³/mol. The van der Waals surface area contributed by atoms with E-state index in [1.807, 2.05) is 13.8 Å². The molecule has 1 aromatic rings. The van der Waals surface area contributed by atoms with Crippen molar-refractivity contribution in [1.29, 1.82) is 0 Å². The number of amides is 1. The molecule has 0 radical (unpaired) electrons. The van der Waals surface area contributed by atoms with Gasteiger partial charge in [-0.2, -0.15) is 5.10 Å². The predicted octanol–water partition coefficient (Wildman–Crippen LogP) is 5.33. The van der Waals surface area contributed by atoms with Crippen LogP contribution < -0.4 is 0 Å². The van der Waals surface area contributed by atoms with Gasteiger partial charge in [0.15, 0.2) is 5.78 Å². The summed E-state index contributed by atoms with van der Waals surface area (Å²) in [6.07, 6.45) is 5.05. The maximum atomic E-state index is 14.0. The normalized spacial score (nSPS) is 20.9. The molecule has 1 aliphatic rings. The maximum Gasteiger partial charge on any atom is 0.355 e. The molecule has 9 heteroatoms. The summed E-state index contributed by atoms with van der Waals surface area (Å²) in [7, 11) is 0. The Morgan fingerprint density at radius 3 is 2.15 bits per heavy atom. The lowest BCUT2D eigenvalue weighted by atomic mass is 9.81. The number of β-lactam (4-membered cyclic amide) rings is 1. The van der Waals surface area contributed by atoms with Crippen molar-refractivity contribution in [2.24, 2.45) is 5.92 Å². The number of aryl methyl sites for hydroxylation is 1. The third kappa shape index (κ3) is 6.12. The van der Waals surface area contributed by atoms with Crippen LogP contribution in [0.2, 0.25) is 0 Å². The Hall–Kier alpha value is -2.18. The molecule has 39 heavy (non-hydrogen) atoms. The number of carbonyl (C=O) groups excluding carboxylic acids is 3. The molecule has 1 aliphatic heterocycles. The van der Waals surface area contributed by atoms with Gasteiger partial charge in [-0.3, -0.25) is 14.7 Å². The van der Waals surface area contributed by atoms with Gasteiger partial charge in [-0.1, -0.05) is 68.0 Å². The Morgan fingerprint density at radius 2 is 1.69 bits per heavy atom. The minimum atomic E-state index is -2.33. The largest absolute Gasteiger partial charge is 0.457 e. The minimum absolute atomic E-state index is 0.0352. The lowest BCUT2D eigenvalue weighted by Gasteiger charge is -2.53. The number of ketones is 1. The average molecular weight is 564 g/mol. The van der Waals surface area contributed by atoms with Crippen molar-refractivity contribution < 1.29 is 24.2 Å². The zero-order valence-corrected chi connectivity index (χ0v) is 26.1. The van der Waals surface area contributed by atoms with Crippen molar-refractivity contribution in [2.45, 2.75) is 117 Å². The van der Waals surface area contributed by atoms with Gasteiger partial charge >= 0.3 is 5.97 Å². The number of nitrogens with zero attached hydrogens (tertiary/aromatic N) is 2. The number of ether oxygens (including phenoxy) is 1. The molecule has 220 valence electrons. The highest BCUT2D eigenvalue weighted by Gasteiger charge is 2.54. The molecule has 0 bridgehead atoms.